The molecule has 0 radical (unpaired) electrons. The first kappa shape index (κ1) is 17.8. The molecule has 1 spiro atoms. The highest BCUT2D eigenvalue weighted by atomic mass is 35.5. The normalized spacial score (nSPS) is 18.8. The first-order chi connectivity index (χ1) is 13.0. The number of rotatable bonds is 4. The van der Waals surface area contributed by atoms with Gasteiger partial charge < -0.3 is 14.6 Å². The van der Waals surface area contributed by atoms with Crippen LogP contribution in [0.4, 0.5) is 6.01 Å². The van der Waals surface area contributed by atoms with E-state index >= 15 is 0 Å². The van der Waals surface area contributed by atoms with Crippen molar-refractivity contribution in [2.45, 2.75) is 38.6 Å². The summed E-state index contributed by atoms with van der Waals surface area (Å²) in [4.78, 5) is 14.6. The first-order valence-electron chi connectivity index (χ1n) is 9.09. The number of aromatic nitrogens is 2. The molecule has 1 aliphatic heterocycles. The molecule has 4 rings (SSSR count). The number of likely N-dealkylation sites (tertiary alicyclic amines) is 1. The number of benzene rings is 1. The van der Waals surface area contributed by atoms with E-state index in [4.69, 9.17) is 21.3 Å². The van der Waals surface area contributed by atoms with Crippen molar-refractivity contribution >= 4 is 23.5 Å². The summed E-state index contributed by atoms with van der Waals surface area (Å²) in [5, 5.41) is 20.4. The second-order valence-corrected chi connectivity index (χ2v) is 7.82. The molecular formula is C19H20ClN5O2. The van der Waals surface area contributed by atoms with E-state index in [0.29, 0.717) is 21.6 Å². The van der Waals surface area contributed by atoms with Gasteiger partial charge in [-0.15, -0.1) is 5.10 Å². The fraction of sp³-hybridized carbons (Fsp3) is 0.474. The average Bonchev–Trinajstić information content (AvgIpc) is 3.27. The lowest BCUT2D eigenvalue weighted by Gasteiger charge is -2.33. The minimum Gasteiger partial charge on any atom is -0.403 e. The highest BCUT2D eigenvalue weighted by Gasteiger charge is 2.45. The fourth-order valence-corrected chi connectivity index (χ4v) is 3.70. The average molecular weight is 386 g/mol. The van der Waals surface area contributed by atoms with Crippen molar-refractivity contribution < 1.29 is 9.21 Å². The summed E-state index contributed by atoms with van der Waals surface area (Å²) < 4.78 is 5.60. The Hall–Kier alpha value is -2.59. The Morgan fingerprint density at radius 3 is 2.74 bits per heavy atom. The van der Waals surface area contributed by atoms with Crippen molar-refractivity contribution in [1.82, 2.24) is 15.1 Å². The van der Waals surface area contributed by atoms with Gasteiger partial charge in [0, 0.05) is 18.7 Å². The zero-order valence-corrected chi connectivity index (χ0v) is 15.8. The number of halogens is 1. The molecule has 0 unspecified atom stereocenters. The van der Waals surface area contributed by atoms with E-state index in [-0.39, 0.29) is 17.8 Å². The zero-order valence-electron chi connectivity index (χ0n) is 15.0. The fourth-order valence-electron chi connectivity index (χ4n) is 3.54. The summed E-state index contributed by atoms with van der Waals surface area (Å²) in [5.41, 5.74) is 1.47. The van der Waals surface area contributed by atoms with E-state index in [1.807, 2.05) is 11.0 Å². The van der Waals surface area contributed by atoms with Gasteiger partial charge in [-0.05, 0) is 56.2 Å². The molecule has 1 aromatic heterocycles. The number of carbonyl (C=O) groups excluding carboxylic acids is 1. The molecule has 2 heterocycles. The molecule has 140 valence electrons. The van der Waals surface area contributed by atoms with Gasteiger partial charge >= 0.3 is 6.01 Å². The molecule has 1 aromatic carbocycles. The Balaban J connectivity index is 1.40. The van der Waals surface area contributed by atoms with Crippen molar-refractivity contribution in [1.29, 1.82) is 5.26 Å². The predicted molar refractivity (Wildman–Crippen MR) is 100 cm³/mol. The van der Waals surface area contributed by atoms with Crippen LogP contribution in [0.25, 0.3) is 11.5 Å². The largest absolute Gasteiger partial charge is 0.403 e. The van der Waals surface area contributed by atoms with Gasteiger partial charge in [0.15, 0.2) is 0 Å². The van der Waals surface area contributed by atoms with Gasteiger partial charge in [0.05, 0.1) is 10.6 Å². The minimum atomic E-state index is -0.452. The molecule has 1 aliphatic carbocycles. The molecule has 2 aromatic rings. The topological polar surface area (TPSA) is 95.0 Å². The molecule has 8 heteroatoms. The maximum atomic E-state index is 12.7. The van der Waals surface area contributed by atoms with Gasteiger partial charge in [0.2, 0.25) is 11.8 Å². The number of carbonyl (C=O) groups is 1. The highest BCUT2D eigenvalue weighted by molar-refractivity contribution is 6.31. The Kier molecular flexibility index (Phi) is 4.52. The number of nitrogens with zero attached hydrogens (tertiary/aromatic N) is 4. The van der Waals surface area contributed by atoms with Crippen molar-refractivity contribution in [3.8, 4) is 17.5 Å². The van der Waals surface area contributed by atoms with E-state index in [9.17, 15) is 4.79 Å². The monoisotopic (exact) mass is 385 g/mol. The van der Waals surface area contributed by atoms with Crippen LogP contribution in [0.15, 0.2) is 22.6 Å². The van der Waals surface area contributed by atoms with Crippen LogP contribution in [0.2, 0.25) is 5.02 Å². The zero-order chi connectivity index (χ0) is 19.0. The van der Waals surface area contributed by atoms with Crippen LogP contribution in [0.5, 0.6) is 0 Å². The maximum Gasteiger partial charge on any atom is 0.316 e. The summed E-state index contributed by atoms with van der Waals surface area (Å²) in [7, 11) is 0. The summed E-state index contributed by atoms with van der Waals surface area (Å²) in [5.74, 6) is 0.308. The molecular weight excluding hydrogens is 366 g/mol. The van der Waals surface area contributed by atoms with E-state index in [2.05, 4.69) is 15.5 Å². The molecule has 0 bridgehead atoms. The van der Waals surface area contributed by atoms with Gasteiger partial charge in [-0.25, -0.2) is 0 Å². The molecule has 1 atom stereocenters. The van der Waals surface area contributed by atoms with Gasteiger partial charge in [-0.2, -0.15) is 5.26 Å². The van der Waals surface area contributed by atoms with Crippen LogP contribution in [0.3, 0.4) is 0 Å². The Bertz CT molecular complexity index is 905. The summed E-state index contributed by atoms with van der Waals surface area (Å²) >= 11 is 5.94. The SMILES string of the molecule is C[C@@H](Nc1nnc(-c2ccc(Cl)c(C#N)c2)o1)C(=O)N1CCC2(CC1)CC2. The molecule has 1 N–H and O–H groups in total. The smallest absolute Gasteiger partial charge is 0.316 e. The summed E-state index contributed by atoms with van der Waals surface area (Å²) in [6.45, 7) is 3.44. The first-order valence-corrected chi connectivity index (χ1v) is 9.46. The minimum absolute atomic E-state index is 0.0449. The van der Waals surface area contributed by atoms with E-state index in [1.165, 1.54) is 12.8 Å². The maximum absolute atomic E-state index is 12.7. The van der Waals surface area contributed by atoms with Crippen LogP contribution in [0, 0.1) is 16.7 Å². The second-order valence-electron chi connectivity index (χ2n) is 7.41. The van der Waals surface area contributed by atoms with Crippen LogP contribution < -0.4 is 5.32 Å². The lowest BCUT2D eigenvalue weighted by Crippen LogP contribution is -2.45. The predicted octanol–water partition coefficient (Wildman–Crippen LogP) is 3.46. The molecule has 27 heavy (non-hydrogen) atoms. The van der Waals surface area contributed by atoms with Crippen LogP contribution in [-0.2, 0) is 4.79 Å². The number of anilines is 1. The molecule has 2 aliphatic rings. The standard InChI is InChI=1S/C19H20ClN5O2/c1-12(17(26)25-8-6-19(4-5-19)7-9-25)22-18-24-23-16(27-18)13-2-3-15(20)14(10-13)11-21/h2-3,10,12H,4-9H2,1H3,(H,22,24)/t12-/m1/s1. The molecule has 2 fully saturated rings. The van der Waals surface area contributed by atoms with E-state index in [1.54, 1.807) is 25.1 Å². The third-order valence-corrected chi connectivity index (χ3v) is 5.89. The lowest BCUT2D eigenvalue weighted by atomic mass is 9.93. The Labute approximate surface area is 162 Å². The highest BCUT2D eigenvalue weighted by Crippen LogP contribution is 2.53. The van der Waals surface area contributed by atoms with E-state index < -0.39 is 6.04 Å². The van der Waals surface area contributed by atoms with Gasteiger partial charge in [-0.1, -0.05) is 16.7 Å². The molecule has 1 saturated heterocycles. The number of piperidine rings is 1. The second kappa shape index (κ2) is 6.86. The molecule has 1 saturated carbocycles. The number of nitrogens with one attached hydrogen (secondary N) is 1. The number of hydrogen-bond donors (Lipinski definition) is 1. The van der Waals surface area contributed by atoms with Crippen LogP contribution in [-0.4, -0.2) is 40.1 Å². The van der Waals surface area contributed by atoms with Crippen LogP contribution >= 0.6 is 11.6 Å². The van der Waals surface area contributed by atoms with Crippen molar-refractivity contribution in [3.05, 3.63) is 28.8 Å². The van der Waals surface area contributed by atoms with Gasteiger partial charge in [0.1, 0.15) is 12.1 Å². The van der Waals surface area contributed by atoms with Gasteiger partial charge in [0.25, 0.3) is 0 Å². The number of amides is 1. The third-order valence-electron chi connectivity index (χ3n) is 5.56. The Morgan fingerprint density at radius 2 is 2.07 bits per heavy atom. The van der Waals surface area contributed by atoms with Crippen molar-refractivity contribution in [3.63, 3.8) is 0 Å². The van der Waals surface area contributed by atoms with Crippen LogP contribution in [0.1, 0.15) is 38.2 Å². The van der Waals surface area contributed by atoms with E-state index in [0.717, 1.165) is 25.9 Å². The lowest BCUT2D eigenvalue weighted by molar-refractivity contribution is -0.133. The molecule has 7 nitrogen and oxygen atoms in total. The number of hydrogen-bond acceptors (Lipinski definition) is 6. The van der Waals surface area contributed by atoms with Crippen molar-refractivity contribution in [2.75, 3.05) is 18.4 Å². The summed E-state index contributed by atoms with van der Waals surface area (Å²) in [6.07, 6.45) is 4.83. The van der Waals surface area contributed by atoms with Crippen molar-refractivity contribution in [2.24, 2.45) is 5.41 Å². The third kappa shape index (κ3) is 3.62. The number of nitriles is 1. The summed E-state index contributed by atoms with van der Waals surface area (Å²) in [6, 6.07) is 6.65. The quantitative estimate of drug-likeness (QED) is 0.865. The Morgan fingerprint density at radius 1 is 1.33 bits per heavy atom. The van der Waals surface area contributed by atoms with Gasteiger partial charge in [-0.3, -0.25) is 4.79 Å². The molecule has 1 amide bonds.